The van der Waals surface area contributed by atoms with Crippen LogP contribution in [0.1, 0.15) is 162 Å². The molecule has 0 aromatic heterocycles. The van der Waals surface area contributed by atoms with E-state index in [1.165, 1.54) is 141 Å². The van der Waals surface area contributed by atoms with Crippen LogP contribution in [0.3, 0.4) is 0 Å². The number of nitrogens with zero attached hydrogens (tertiary/aromatic N) is 1. The first-order valence-electron chi connectivity index (χ1n) is 15.7. The van der Waals surface area contributed by atoms with Gasteiger partial charge in [0.05, 0.1) is 26.2 Å². The quantitative estimate of drug-likeness (QED) is 0.0675. The predicted molar refractivity (Wildman–Crippen MR) is 155 cm³/mol. The molecule has 0 aromatic carbocycles. The molecule has 0 aliphatic carbocycles. The highest BCUT2D eigenvalue weighted by atomic mass is 35.5. The first-order valence-corrected chi connectivity index (χ1v) is 15.7. The van der Waals surface area contributed by atoms with E-state index in [1.54, 1.807) is 0 Å². The molecule has 0 aromatic rings. The Balaban J connectivity index is 0. The summed E-state index contributed by atoms with van der Waals surface area (Å²) in [5.41, 5.74) is 0. The van der Waals surface area contributed by atoms with Gasteiger partial charge in [0.25, 0.3) is 0 Å². The van der Waals surface area contributed by atoms with Crippen molar-refractivity contribution >= 4 is 0 Å². The smallest absolute Gasteiger partial charge is 0.0971 e. The largest absolute Gasteiger partial charge is 1.00 e. The van der Waals surface area contributed by atoms with Gasteiger partial charge in [-0.1, -0.05) is 130 Å². The molecule has 0 rings (SSSR count). The van der Waals surface area contributed by atoms with Crippen molar-refractivity contribution < 1.29 is 22.0 Å². The van der Waals surface area contributed by atoms with Crippen molar-refractivity contribution in [3.63, 3.8) is 0 Å². The molecule has 0 bridgehead atoms. The molecule has 2 atom stereocenters. The molecule has 0 fully saturated rings. The van der Waals surface area contributed by atoms with Crippen LogP contribution in [0.2, 0.25) is 0 Å². The number of aliphatic hydroxyl groups excluding tert-OH is 1. The van der Waals surface area contributed by atoms with Crippen LogP contribution in [0.25, 0.3) is 0 Å². The van der Waals surface area contributed by atoms with Crippen molar-refractivity contribution in [2.24, 2.45) is 0 Å². The lowest BCUT2D eigenvalue weighted by Crippen LogP contribution is -3.00. The summed E-state index contributed by atoms with van der Waals surface area (Å²) < 4.78 is 1.14. The van der Waals surface area contributed by atoms with E-state index in [-0.39, 0.29) is 12.4 Å². The standard InChI is InChI=1S/C32H66NO.ClH/c1-5-8-10-12-14-16-18-20-22-24-27-32(28-26-31-34)33(4,29-7-3)30-25-23-21-19-17-15-13-11-9-6-2;/h7,32,34H,3,5-6,8-31H2,1-2,4H3;1H/q+1;/p-1. The van der Waals surface area contributed by atoms with E-state index >= 15 is 0 Å². The van der Waals surface area contributed by atoms with Gasteiger partial charge < -0.3 is 22.0 Å². The van der Waals surface area contributed by atoms with Gasteiger partial charge in [0.15, 0.2) is 0 Å². The molecule has 3 heteroatoms. The fraction of sp³-hybridized carbons (Fsp3) is 0.938. The minimum absolute atomic E-state index is 0. The summed E-state index contributed by atoms with van der Waals surface area (Å²) in [6.45, 7) is 11.4. The van der Waals surface area contributed by atoms with E-state index in [2.05, 4.69) is 33.6 Å². The van der Waals surface area contributed by atoms with Crippen LogP contribution in [0, 0.1) is 0 Å². The van der Waals surface area contributed by atoms with Crippen molar-refractivity contribution in [2.45, 2.75) is 168 Å². The number of unbranched alkanes of at least 4 members (excludes halogenated alkanes) is 18. The lowest BCUT2D eigenvalue weighted by Gasteiger charge is -2.41. The van der Waals surface area contributed by atoms with Gasteiger partial charge in [0.1, 0.15) is 0 Å². The van der Waals surface area contributed by atoms with Crippen molar-refractivity contribution in [3.8, 4) is 0 Å². The Morgan fingerprint density at radius 2 is 0.971 bits per heavy atom. The number of rotatable bonds is 28. The maximum atomic E-state index is 9.49. The van der Waals surface area contributed by atoms with E-state index in [0.29, 0.717) is 12.6 Å². The summed E-state index contributed by atoms with van der Waals surface area (Å²) in [7, 11) is 2.47. The Morgan fingerprint density at radius 3 is 1.37 bits per heavy atom. The molecule has 0 amide bonds. The first kappa shape index (κ1) is 37.1. The lowest BCUT2D eigenvalue weighted by atomic mass is 9.97. The van der Waals surface area contributed by atoms with E-state index in [0.717, 1.165) is 23.9 Å². The number of likely N-dealkylation sites (N-methyl/N-ethyl adjacent to an activating group) is 1. The van der Waals surface area contributed by atoms with Gasteiger partial charge in [-0.3, -0.25) is 0 Å². The number of aliphatic hydroxyl groups is 1. The van der Waals surface area contributed by atoms with Crippen molar-refractivity contribution in [1.29, 1.82) is 0 Å². The monoisotopic (exact) mass is 515 g/mol. The summed E-state index contributed by atoms with van der Waals surface area (Å²) in [6.07, 6.45) is 33.7. The molecular weight excluding hydrogens is 450 g/mol. The molecule has 2 nitrogen and oxygen atoms in total. The second-order valence-corrected chi connectivity index (χ2v) is 11.3. The second-order valence-electron chi connectivity index (χ2n) is 11.3. The zero-order valence-corrected chi connectivity index (χ0v) is 25.3. The Morgan fingerprint density at radius 1 is 0.600 bits per heavy atom. The highest BCUT2D eigenvalue weighted by Crippen LogP contribution is 2.24. The van der Waals surface area contributed by atoms with Crippen LogP contribution >= 0.6 is 0 Å². The third kappa shape index (κ3) is 22.8. The zero-order valence-electron chi connectivity index (χ0n) is 24.5. The Bertz CT molecular complexity index is 416. The van der Waals surface area contributed by atoms with E-state index in [1.807, 2.05) is 0 Å². The first-order chi connectivity index (χ1) is 16.6. The van der Waals surface area contributed by atoms with Gasteiger partial charge in [0.2, 0.25) is 0 Å². The summed E-state index contributed by atoms with van der Waals surface area (Å²) in [6, 6.07) is 0.678. The maximum Gasteiger partial charge on any atom is 0.0971 e. The molecule has 35 heavy (non-hydrogen) atoms. The second kappa shape index (κ2) is 28.5. The highest BCUT2D eigenvalue weighted by molar-refractivity contribution is 4.70. The summed E-state index contributed by atoms with van der Waals surface area (Å²) in [5, 5.41) is 9.49. The Labute approximate surface area is 228 Å². The molecule has 0 spiro atoms. The van der Waals surface area contributed by atoms with Gasteiger partial charge in [-0.25, -0.2) is 0 Å². The summed E-state index contributed by atoms with van der Waals surface area (Å²) in [4.78, 5) is 0. The normalized spacial score (nSPS) is 13.8. The fourth-order valence-corrected chi connectivity index (χ4v) is 5.64. The third-order valence-electron chi connectivity index (χ3n) is 8.04. The van der Waals surface area contributed by atoms with Crippen LogP contribution in [0.4, 0.5) is 0 Å². The van der Waals surface area contributed by atoms with Crippen LogP contribution in [0.5, 0.6) is 0 Å². The molecule has 0 saturated carbocycles. The van der Waals surface area contributed by atoms with Gasteiger partial charge in [0, 0.05) is 13.0 Å². The Kier molecular flexibility index (Phi) is 30.2. The molecule has 0 aliphatic heterocycles. The zero-order chi connectivity index (χ0) is 25.2. The van der Waals surface area contributed by atoms with Gasteiger partial charge in [-0.2, -0.15) is 0 Å². The Hall–Kier alpha value is -0.0500. The number of hydrogen-bond acceptors (Lipinski definition) is 1. The van der Waals surface area contributed by atoms with E-state index < -0.39 is 0 Å². The van der Waals surface area contributed by atoms with E-state index in [9.17, 15) is 5.11 Å². The molecule has 0 radical (unpaired) electrons. The number of hydrogen-bond donors (Lipinski definition) is 1. The average molecular weight is 516 g/mol. The molecule has 1 N–H and O–H groups in total. The molecule has 212 valence electrons. The molecular formula is C32H66ClNO. The van der Waals surface area contributed by atoms with Gasteiger partial charge in [-0.05, 0) is 38.2 Å². The SMILES string of the molecule is C=CC[N+](C)(CCCCCCCCCCCC)C(CCCO)CCCCCCCCCCCC.[Cl-]. The lowest BCUT2D eigenvalue weighted by molar-refractivity contribution is -0.929. The van der Waals surface area contributed by atoms with Crippen LogP contribution in [-0.2, 0) is 0 Å². The maximum absolute atomic E-state index is 9.49. The minimum atomic E-state index is 0. The van der Waals surface area contributed by atoms with Gasteiger partial charge >= 0.3 is 0 Å². The minimum Gasteiger partial charge on any atom is -1.00 e. The summed E-state index contributed by atoms with van der Waals surface area (Å²) in [5.74, 6) is 0. The van der Waals surface area contributed by atoms with Crippen molar-refractivity contribution in [2.75, 3.05) is 26.7 Å². The van der Waals surface area contributed by atoms with Gasteiger partial charge in [-0.15, -0.1) is 0 Å². The fourth-order valence-electron chi connectivity index (χ4n) is 5.64. The van der Waals surface area contributed by atoms with Crippen LogP contribution < -0.4 is 12.4 Å². The molecule has 0 saturated heterocycles. The number of halogens is 1. The average Bonchev–Trinajstić information content (AvgIpc) is 2.83. The van der Waals surface area contributed by atoms with Crippen molar-refractivity contribution in [3.05, 3.63) is 12.7 Å². The van der Waals surface area contributed by atoms with Crippen LogP contribution in [-0.4, -0.2) is 42.4 Å². The molecule has 0 aliphatic rings. The van der Waals surface area contributed by atoms with Crippen LogP contribution in [0.15, 0.2) is 12.7 Å². The third-order valence-corrected chi connectivity index (χ3v) is 8.04. The van der Waals surface area contributed by atoms with E-state index in [4.69, 9.17) is 0 Å². The topological polar surface area (TPSA) is 20.2 Å². The predicted octanol–water partition coefficient (Wildman–Crippen LogP) is 7.00. The molecule has 2 unspecified atom stereocenters. The highest BCUT2D eigenvalue weighted by Gasteiger charge is 2.30. The van der Waals surface area contributed by atoms with Crippen molar-refractivity contribution in [1.82, 2.24) is 0 Å². The number of quaternary nitrogens is 1. The molecule has 0 heterocycles. The summed E-state index contributed by atoms with van der Waals surface area (Å²) >= 11 is 0.